The summed E-state index contributed by atoms with van der Waals surface area (Å²) in [4.78, 5) is 25.1. The van der Waals surface area contributed by atoms with Crippen LogP contribution in [0.1, 0.15) is 21.6 Å². The number of pyridine rings is 2. The first-order valence-corrected chi connectivity index (χ1v) is 8.25. The first-order chi connectivity index (χ1) is 13.1. The van der Waals surface area contributed by atoms with Gasteiger partial charge >= 0.3 is 0 Å². The van der Waals surface area contributed by atoms with E-state index in [4.69, 9.17) is 0 Å². The van der Waals surface area contributed by atoms with Crippen molar-refractivity contribution in [3.05, 3.63) is 77.9 Å². The van der Waals surface area contributed by atoms with E-state index in [0.717, 1.165) is 5.56 Å². The molecule has 7 nitrogen and oxygen atoms in total. The minimum absolute atomic E-state index is 0.252. The number of hydrogen-bond donors (Lipinski definition) is 1. The lowest BCUT2D eigenvalue weighted by Crippen LogP contribution is -2.23. The van der Waals surface area contributed by atoms with E-state index in [1.165, 1.54) is 18.5 Å². The van der Waals surface area contributed by atoms with Crippen molar-refractivity contribution in [2.24, 2.45) is 0 Å². The van der Waals surface area contributed by atoms with Crippen LogP contribution in [0.3, 0.4) is 0 Å². The topological polar surface area (TPSA) is 85.6 Å². The maximum atomic E-state index is 13.4. The number of nitrogens with zero attached hydrogens (tertiary/aromatic N) is 5. The van der Waals surface area contributed by atoms with E-state index < -0.39 is 0 Å². The van der Waals surface area contributed by atoms with E-state index in [1.54, 1.807) is 42.3 Å². The number of aryl methyl sites for hydroxylation is 1. The Hall–Kier alpha value is -3.68. The second-order valence-corrected chi connectivity index (χ2v) is 6.02. The Morgan fingerprint density at radius 1 is 1.22 bits per heavy atom. The Bertz CT molecular complexity index is 1100. The number of nitrogens with one attached hydrogen (secondary N) is 1. The molecule has 0 atom stereocenters. The normalized spacial score (nSPS) is 10.9. The van der Waals surface area contributed by atoms with Gasteiger partial charge in [0.15, 0.2) is 5.82 Å². The molecule has 0 unspecified atom stereocenters. The van der Waals surface area contributed by atoms with Crippen LogP contribution in [0.4, 0.5) is 4.39 Å². The van der Waals surface area contributed by atoms with Gasteiger partial charge in [-0.2, -0.15) is 5.10 Å². The average Bonchev–Trinajstić information content (AvgIpc) is 3.20. The van der Waals surface area contributed by atoms with Crippen molar-refractivity contribution in [1.29, 1.82) is 0 Å². The Morgan fingerprint density at radius 3 is 2.85 bits per heavy atom. The van der Waals surface area contributed by atoms with Gasteiger partial charge in [0.1, 0.15) is 18.5 Å². The third-order valence-corrected chi connectivity index (χ3v) is 4.06. The molecule has 8 heteroatoms. The first kappa shape index (κ1) is 16.8. The molecule has 1 amide bonds. The fourth-order valence-corrected chi connectivity index (χ4v) is 2.78. The van der Waals surface area contributed by atoms with Crippen molar-refractivity contribution in [3.8, 4) is 5.82 Å². The Kier molecular flexibility index (Phi) is 4.29. The van der Waals surface area contributed by atoms with Crippen molar-refractivity contribution in [3.63, 3.8) is 0 Å². The summed E-state index contributed by atoms with van der Waals surface area (Å²) in [7, 11) is 0. The molecule has 3 heterocycles. The molecular formula is C19H15FN6O. The monoisotopic (exact) mass is 362 g/mol. The molecule has 3 aromatic heterocycles. The number of benzene rings is 1. The summed E-state index contributed by atoms with van der Waals surface area (Å²) in [5, 5.41) is 7.49. The lowest BCUT2D eigenvalue weighted by molar-refractivity contribution is 0.0952. The van der Waals surface area contributed by atoms with E-state index in [-0.39, 0.29) is 11.7 Å². The van der Waals surface area contributed by atoms with E-state index in [9.17, 15) is 9.18 Å². The van der Waals surface area contributed by atoms with Gasteiger partial charge in [-0.05, 0) is 36.8 Å². The Labute approximate surface area is 153 Å². The summed E-state index contributed by atoms with van der Waals surface area (Å²) < 4.78 is 15.0. The minimum Gasteiger partial charge on any atom is -0.348 e. The van der Waals surface area contributed by atoms with Gasteiger partial charge in [-0.3, -0.25) is 9.78 Å². The van der Waals surface area contributed by atoms with E-state index >= 15 is 0 Å². The smallest absolute Gasteiger partial charge is 0.252 e. The molecule has 1 N–H and O–H groups in total. The zero-order valence-electron chi connectivity index (χ0n) is 14.4. The lowest BCUT2D eigenvalue weighted by Gasteiger charge is -2.09. The molecular weight excluding hydrogens is 347 g/mol. The maximum Gasteiger partial charge on any atom is 0.252 e. The van der Waals surface area contributed by atoms with Crippen LogP contribution in [0.15, 0.2) is 55.2 Å². The van der Waals surface area contributed by atoms with Crippen molar-refractivity contribution in [1.82, 2.24) is 30.0 Å². The Morgan fingerprint density at radius 2 is 2.11 bits per heavy atom. The van der Waals surface area contributed by atoms with Gasteiger partial charge in [0.05, 0.1) is 11.1 Å². The predicted octanol–water partition coefficient (Wildman–Crippen LogP) is 2.59. The lowest BCUT2D eigenvalue weighted by atomic mass is 10.1. The van der Waals surface area contributed by atoms with Gasteiger partial charge in [-0.1, -0.05) is 6.07 Å². The molecule has 0 saturated heterocycles. The quantitative estimate of drug-likeness (QED) is 0.603. The van der Waals surface area contributed by atoms with E-state index in [2.05, 4.69) is 25.4 Å². The number of rotatable bonds is 4. The van der Waals surface area contributed by atoms with Crippen molar-refractivity contribution >= 4 is 16.8 Å². The maximum absolute atomic E-state index is 13.4. The fourth-order valence-electron chi connectivity index (χ4n) is 2.78. The highest BCUT2D eigenvalue weighted by atomic mass is 19.1. The molecule has 0 fully saturated rings. The van der Waals surface area contributed by atoms with Crippen LogP contribution in [0.5, 0.6) is 0 Å². The Balaban J connectivity index is 1.52. The number of fused-ring (bicyclic) bond motifs is 1. The highest BCUT2D eigenvalue weighted by molar-refractivity contribution is 6.06. The number of halogens is 1. The zero-order valence-corrected chi connectivity index (χ0v) is 14.4. The number of carbonyl (C=O) groups excluding carboxylic acids is 1. The summed E-state index contributed by atoms with van der Waals surface area (Å²) in [5.41, 5.74) is 2.41. The summed E-state index contributed by atoms with van der Waals surface area (Å²) in [6, 6.07) is 9.57. The molecule has 0 aliphatic heterocycles. The largest absolute Gasteiger partial charge is 0.348 e. The minimum atomic E-state index is -0.384. The number of amides is 1. The third-order valence-electron chi connectivity index (χ3n) is 4.06. The first-order valence-electron chi connectivity index (χ1n) is 8.25. The van der Waals surface area contributed by atoms with Gasteiger partial charge in [0, 0.05) is 29.9 Å². The molecule has 0 bridgehead atoms. The van der Waals surface area contributed by atoms with Crippen LogP contribution < -0.4 is 5.32 Å². The number of hydrogen-bond acceptors (Lipinski definition) is 5. The summed E-state index contributed by atoms with van der Waals surface area (Å²) in [6.45, 7) is 2.08. The summed E-state index contributed by atoms with van der Waals surface area (Å²) in [5.74, 6) is 0.00307. The predicted molar refractivity (Wildman–Crippen MR) is 96.8 cm³/mol. The van der Waals surface area contributed by atoms with Crippen LogP contribution in [0.2, 0.25) is 0 Å². The van der Waals surface area contributed by atoms with Gasteiger partial charge in [0.25, 0.3) is 5.91 Å². The second-order valence-electron chi connectivity index (χ2n) is 6.02. The van der Waals surface area contributed by atoms with Crippen molar-refractivity contribution in [2.75, 3.05) is 0 Å². The molecule has 1 aromatic carbocycles. The standard InChI is InChI=1S/C19H15FN6O/c1-12-6-16(15-4-3-14(20)7-17(15)25-12)19(27)23-9-13-2-5-18(22-8-13)26-11-21-10-24-26/h2-8,10-11H,9H2,1H3,(H,23,27). The highest BCUT2D eigenvalue weighted by Crippen LogP contribution is 2.19. The van der Waals surface area contributed by atoms with Crippen LogP contribution in [0, 0.1) is 12.7 Å². The third kappa shape index (κ3) is 3.50. The SMILES string of the molecule is Cc1cc(C(=O)NCc2ccc(-n3cncn3)nc2)c2ccc(F)cc2n1. The zero-order chi connectivity index (χ0) is 18.8. The number of carbonyl (C=O) groups is 1. The van der Waals surface area contributed by atoms with Crippen LogP contribution >= 0.6 is 0 Å². The van der Waals surface area contributed by atoms with Crippen LogP contribution in [-0.2, 0) is 6.54 Å². The molecule has 0 radical (unpaired) electrons. The molecule has 4 rings (SSSR count). The van der Waals surface area contributed by atoms with Crippen LogP contribution in [-0.4, -0.2) is 30.6 Å². The van der Waals surface area contributed by atoms with Crippen molar-refractivity contribution < 1.29 is 9.18 Å². The highest BCUT2D eigenvalue weighted by Gasteiger charge is 2.12. The molecule has 0 aliphatic rings. The van der Waals surface area contributed by atoms with Gasteiger partial charge < -0.3 is 5.32 Å². The second kappa shape index (κ2) is 6.91. The molecule has 27 heavy (non-hydrogen) atoms. The molecule has 0 saturated carbocycles. The van der Waals surface area contributed by atoms with Gasteiger partial charge in [-0.25, -0.2) is 19.0 Å². The van der Waals surface area contributed by atoms with Crippen molar-refractivity contribution in [2.45, 2.75) is 13.5 Å². The van der Waals surface area contributed by atoms with Gasteiger partial charge in [-0.15, -0.1) is 0 Å². The molecule has 4 aromatic rings. The van der Waals surface area contributed by atoms with E-state index in [1.807, 2.05) is 6.07 Å². The van der Waals surface area contributed by atoms with Crippen LogP contribution in [0.25, 0.3) is 16.7 Å². The molecule has 134 valence electrons. The molecule has 0 aliphatic carbocycles. The van der Waals surface area contributed by atoms with Gasteiger partial charge in [0.2, 0.25) is 0 Å². The molecule has 0 spiro atoms. The number of aromatic nitrogens is 5. The summed E-state index contributed by atoms with van der Waals surface area (Å²) in [6.07, 6.45) is 4.66. The fraction of sp³-hybridized carbons (Fsp3) is 0.105. The summed E-state index contributed by atoms with van der Waals surface area (Å²) >= 11 is 0. The average molecular weight is 362 g/mol. The van der Waals surface area contributed by atoms with E-state index in [0.29, 0.717) is 34.5 Å².